The van der Waals surface area contributed by atoms with E-state index in [1.807, 2.05) is 0 Å². The largest absolute Gasteiger partial charge is 0.368 e. The number of piperazine rings is 1. The van der Waals surface area contributed by atoms with Crippen molar-refractivity contribution in [2.24, 2.45) is 5.73 Å². The molecule has 2 N–H and O–H groups in total. The van der Waals surface area contributed by atoms with E-state index in [1.165, 1.54) is 5.69 Å². The highest BCUT2D eigenvalue weighted by Crippen LogP contribution is 2.18. The molecule has 0 spiro atoms. The molecule has 0 radical (unpaired) electrons. The highest BCUT2D eigenvalue weighted by Gasteiger charge is 2.14. The number of fused-ring (bicyclic) bond motifs is 1. The number of hydrogen-bond donors (Lipinski definition) is 1. The van der Waals surface area contributed by atoms with E-state index in [2.05, 4.69) is 50.8 Å². The first-order valence-electron chi connectivity index (χ1n) is 6.87. The molecule has 0 unspecified atom stereocenters. The summed E-state index contributed by atoms with van der Waals surface area (Å²) in [5, 5.41) is 0. The predicted octanol–water partition coefficient (Wildman–Crippen LogP) is 0.587. The fraction of sp³-hybridized carbons (Fsp3) is 0.500. The Morgan fingerprint density at radius 1 is 1.16 bits per heavy atom. The molecule has 3 heterocycles. The maximum absolute atomic E-state index is 5.58. The molecular weight excluding hydrogens is 238 g/mol. The van der Waals surface area contributed by atoms with Crippen LogP contribution in [0.5, 0.6) is 0 Å². The quantitative estimate of drug-likeness (QED) is 0.876. The molecule has 2 aromatic rings. The third-order valence-electron chi connectivity index (χ3n) is 3.75. The Morgan fingerprint density at radius 3 is 2.68 bits per heavy atom. The third-order valence-corrected chi connectivity index (χ3v) is 3.75. The normalized spacial score (nSPS) is 17.3. The van der Waals surface area contributed by atoms with Gasteiger partial charge >= 0.3 is 0 Å². The lowest BCUT2D eigenvalue weighted by atomic mass is 10.3. The predicted molar refractivity (Wildman–Crippen MR) is 77.7 cm³/mol. The van der Waals surface area contributed by atoms with Crippen LogP contribution in [0.15, 0.2) is 24.5 Å². The highest BCUT2D eigenvalue weighted by atomic mass is 15.3. The Balaban J connectivity index is 1.84. The molecule has 2 aromatic heterocycles. The minimum absolute atomic E-state index is 0.648. The van der Waals surface area contributed by atoms with Gasteiger partial charge in [-0.2, -0.15) is 0 Å². The van der Waals surface area contributed by atoms with Gasteiger partial charge in [0, 0.05) is 45.0 Å². The Kier molecular flexibility index (Phi) is 3.40. The molecule has 0 bridgehead atoms. The average molecular weight is 259 g/mol. The fourth-order valence-electron chi connectivity index (χ4n) is 2.55. The van der Waals surface area contributed by atoms with Gasteiger partial charge in [0.2, 0.25) is 0 Å². The number of rotatable bonds is 3. The van der Waals surface area contributed by atoms with Crippen molar-refractivity contribution in [1.29, 1.82) is 0 Å². The minimum Gasteiger partial charge on any atom is -0.368 e. The fourth-order valence-corrected chi connectivity index (χ4v) is 2.55. The van der Waals surface area contributed by atoms with Crippen molar-refractivity contribution in [3.8, 4) is 0 Å². The molecule has 3 rings (SSSR count). The zero-order valence-electron chi connectivity index (χ0n) is 11.4. The lowest BCUT2D eigenvalue weighted by molar-refractivity contribution is 0.313. The third kappa shape index (κ3) is 2.57. The van der Waals surface area contributed by atoms with Crippen LogP contribution in [0.3, 0.4) is 0 Å². The standard InChI is InChI=1S/C14H21N5/c1-17-6-8-18(9-7-17)13-2-3-14-16-12(4-5-15)10-19(14)11-13/h2-3,10-11H,4-9,15H2,1H3. The highest BCUT2D eigenvalue weighted by molar-refractivity contribution is 5.52. The number of nitrogens with zero attached hydrogens (tertiary/aromatic N) is 4. The number of likely N-dealkylation sites (N-methyl/N-ethyl adjacent to an activating group) is 1. The molecule has 0 aliphatic carbocycles. The number of pyridine rings is 1. The van der Waals surface area contributed by atoms with Crippen LogP contribution in [0.25, 0.3) is 5.65 Å². The summed E-state index contributed by atoms with van der Waals surface area (Å²) in [4.78, 5) is 9.36. The maximum atomic E-state index is 5.58. The van der Waals surface area contributed by atoms with Gasteiger partial charge in [0.25, 0.3) is 0 Å². The van der Waals surface area contributed by atoms with Gasteiger partial charge in [-0.3, -0.25) is 0 Å². The molecule has 1 aliphatic heterocycles. The molecule has 0 amide bonds. The first-order valence-corrected chi connectivity index (χ1v) is 6.87. The second kappa shape index (κ2) is 5.19. The second-order valence-corrected chi connectivity index (χ2v) is 5.21. The van der Waals surface area contributed by atoms with Crippen LogP contribution in [0.4, 0.5) is 5.69 Å². The molecule has 5 heteroatoms. The van der Waals surface area contributed by atoms with Gasteiger partial charge in [0.05, 0.1) is 11.4 Å². The Hall–Kier alpha value is -1.59. The van der Waals surface area contributed by atoms with E-state index in [-0.39, 0.29) is 0 Å². The number of nitrogens with two attached hydrogens (primary N) is 1. The van der Waals surface area contributed by atoms with Gasteiger partial charge in [-0.25, -0.2) is 4.98 Å². The summed E-state index contributed by atoms with van der Waals surface area (Å²) in [7, 11) is 2.18. The molecule has 0 saturated carbocycles. The first kappa shape index (κ1) is 12.4. The van der Waals surface area contributed by atoms with E-state index in [9.17, 15) is 0 Å². The van der Waals surface area contributed by atoms with Crippen molar-refractivity contribution in [2.45, 2.75) is 6.42 Å². The van der Waals surface area contributed by atoms with E-state index in [0.717, 1.165) is 43.9 Å². The molecule has 19 heavy (non-hydrogen) atoms. The molecule has 102 valence electrons. The number of aromatic nitrogens is 2. The zero-order valence-corrected chi connectivity index (χ0v) is 11.4. The average Bonchev–Trinajstić information content (AvgIpc) is 2.81. The molecule has 0 aromatic carbocycles. The smallest absolute Gasteiger partial charge is 0.137 e. The Morgan fingerprint density at radius 2 is 1.95 bits per heavy atom. The van der Waals surface area contributed by atoms with Crippen molar-refractivity contribution in [1.82, 2.24) is 14.3 Å². The van der Waals surface area contributed by atoms with Crippen molar-refractivity contribution in [2.75, 3.05) is 44.7 Å². The van der Waals surface area contributed by atoms with Crippen LogP contribution < -0.4 is 10.6 Å². The molecule has 1 saturated heterocycles. The van der Waals surface area contributed by atoms with Crippen LogP contribution in [-0.4, -0.2) is 54.1 Å². The Labute approximate surface area is 113 Å². The van der Waals surface area contributed by atoms with Gasteiger partial charge in [-0.1, -0.05) is 0 Å². The second-order valence-electron chi connectivity index (χ2n) is 5.21. The lowest BCUT2D eigenvalue weighted by Gasteiger charge is -2.33. The van der Waals surface area contributed by atoms with Crippen LogP contribution in [0, 0.1) is 0 Å². The van der Waals surface area contributed by atoms with Gasteiger partial charge < -0.3 is 19.9 Å². The summed E-state index contributed by atoms with van der Waals surface area (Å²) in [5.74, 6) is 0. The van der Waals surface area contributed by atoms with Gasteiger partial charge in [0.15, 0.2) is 0 Å². The van der Waals surface area contributed by atoms with Crippen molar-refractivity contribution in [3.63, 3.8) is 0 Å². The summed E-state index contributed by atoms with van der Waals surface area (Å²) in [6.07, 6.45) is 5.10. The molecular formula is C14H21N5. The number of hydrogen-bond acceptors (Lipinski definition) is 4. The summed E-state index contributed by atoms with van der Waals surface area (Å²) in [6.45, 7) is 5.08. The SMILES string of the molecule is CN1CCN(c2ccc3nc(CCN)cn3c2)CC1. The van der Waals surface area contributed by atoms with E-state index >= 15 is 0 Å². The summed E-state index contributed by atoms with van der Waals surface area (Å²) >= 11 is 0. The van der Waals surface area contributed by atoms with Crippen LogP contribution in [-0.2, 0) is 6.42 Å². The monoisotopic (exact) mass is 259 g/mol. The van der Waals surface area contributed by atoms with Crippen LogP contribution in [0.2, 0.25) is 0 Å². The summed E-state index contributed by atoms with van der Waals surface area (Å²) in [6, 6.07) is 4.26. The number of anilines is 1. The van der Waals surface area contributed by atoms with E-state index in [4.69, 9.17) is 5.73 Å². The zero-order chi connectivity index (χ0) is 13.2. The van der Waals surface area contributed by atoms with Crippen LogP contribution in [0.1, 0.15) is 5.69 Å². The first-order chi connectivity index (χ1) is 9.26. The van der Waals surface area contributed by atoms with Crippen LogP contribution >= 0.6 is 0 Å². The summed E-state index contributed by atoms with van der Waals surface area (Å²) in [5.41, 5.74) is 8.92. The van der Waals surface area contributed by atoms with Gasteiger partial charge in [0.1, 0.15) is 5.65 Å². The van der Waals surface area contributed by atoms with E-state index in [1.54, 1.807) is 0 Å². The van der Waals surface area contributed by atoms with Crippen molar-refractivity contribution < 1.29 is 0 Å². The number of imidazole rings is 1. The van der Waals surface area contributed by atoms with Crippen molar-refractivity contribution in [3.05, 3.63) is 30.2 Å². The van der Waals surface area contributed by atoms with Gasteiger partial charge in [-0.05, 0) is 25.7 Å². The summed E-state index contributed by atoms with van der Waals surface area (Å²) < 4.78 is 2.11. The molecule has 0 atom stereocenters. The molecule has 1 fully saturated rings. The topological polar surface area (TPSA) is 49.8 Å². The molecule has 1 aliphatic rings. The minimum atomic E-state index is 0.648. The maximum Gasteiger partial charge on any atom is 0.137 e. The molecule has 5 nitrogen and oxygen atoms in total. The van der Waals surface area contributed by atoms with Crippen molar-refractivity contribution >= 4 is 11.3 Å². The van der Waals surface area contributed by atoms with E-state index in [0.29, 0.717) is 6.54 Å². The van der Waals surface area contributed by atoms with E-state index < -0.39 is 0 Å². The Bertz CT molecular complexity index is 554. The lowest BCUT2D eigenvalue weighted by Crippen LogP contribution is -2.44. The van der Waals surface area contributed by atoms with Gasteiger partial charge in [-0.15, -0.1) is 0 Å².